The zero-order chi connectivity index (χ0) is 13.6. The minimum Gasteiger partial charge on any atom is -0.229 e. The van der Waals surface area contributed by atoms with Crippen molar-refractivity contribution in [2.24, 2.45) is 0 Å². The van der Waals surface area contributed by atoms with E-state index in [-0.39, 0.29) is 33.5 Å². The molecule has 0 saturated carbocycles. The molecule has 0 aliphatic carbocycles. The molecule has 10 heteroatoms. The van der Waals surface area contributed by atoms with Crippen LogP contribution < -0.4 is 0 Å². The fraction of sp³-hybridized carbons (Fsp3) is 1.00. The summed E-state index contributed by atoms with van der Waals surface area (Å²) < 4.78 is 45.5. The molecule has 0 unspecified atom stereocenters. The summed E-state index contributed by atoms with van der Waals surface area (Å²) in [5.41, 5.74) is 0. The monoisotopic (exact) mass is 370 g/mol. The summed E-state index contributed by atoms with van der Waals surface area (Å²) in [5, 5.41) is -1.18. The van der Waals surface area contributed by atoms with Gasteiger partial charge >= 0.3 is 0 Å². The summed E-state index contributed by atoms with van der Waals surface area (Å²) in [7, 11) is -3.38. The molecule has 18 heavy (non-hydrogen) atoms. The Labute approximate surface area is 125 Å². The van der Waals surface area contributed by atoms with Gasteiger partial charge in [0.15, 0.2) is 19.7 Å². The molecule has 2 heterocycles. The van der Waals surface area contributed by atoms with E-state index < -0.39 is 30.4 Å². The van der Waals surface area contributed by atoms with Gasteiger partial charge in [0.2, 0.25) is 0 Å². The maximum Gasteiger partial charge on any atom is 0.152 e. The Kier molecular flexibility index (Phi) is 4.77. The largest absolute Gasteiger partial charge is 0.229 e. The van der Waals surface area contributed by atoms with E-state index >= 15 is 0 Å². The van der Waals surface area contributed by atoms with Crippen molar-refractivity contribution in [2.45, 2.75) is 21.3 Å². The second kappa shape index (κ2) is 5.52. The lowest BCUT2D eigenvalue weighted by Gasteiger charge is -2.15. The maximum atomic E-state index is 11.4. The molecule has 4 atom stereocenters. The quantitative estimate of drug-likeness (QED) is 0.548. The van der Waals surface area contributed by atoms with Gasteiger partial charge < -0.3 is 0 Å². The Morgan fingerprint density at radius 3 is 1.28 bits per heavy atom. The first kappa shape index (κ1) is 15.6. The van der Waals surface area contributed by atoms with Gasteiger partial charge in [-0.3, -0.25) is 0 Å². The minimum atomic E-state index is -3.04. The predicted molar refractivity (Wildman–Crippen MR) is 79.3 cm³/mol. The fourth-order valence-corrected chi connectivity index (χ4v) is 12.6. The lowest BCUT2D eigenvalue weighted by Crippen LogP contribution is -2.17. The second-order valence-electron chi connectivity index (χ2n) is 4.46. The van der Waals surface area contributed by atoms with Crippen molar-refractivity contribution >= 4 is 64.5 Å². The van der Waals surface area contributed by atoms with Crippen LogP contribution in [0.15, 0.2) is 0 Å². The molecule has 2 aliphatic rings. The lowest BCUT2D eigenvalue weighted by atomic mass is 10.4. The van der Waals surface area contributed by atoms with Crippen LogP contribution in [0.25, 0.3) is 0 Å². The van der Waals surface area contributed by atoms with Crippen molar-refractivity contribution in [3.8, 4) is 0 Å². The molecule has 106 valence electrons. The van der Waals surface area contributed by atoms with E-state index in [0.717, 1.165) is 0 Å². The summed E-state index contributed by atoms with van der Waals surface area (Å²) in [6.07, 6.45) is 0. The predicted octanol–water partition coefficient (Wildman–Crippen LogP) is 1.18. The second-order valence-corrected chi connectivity index (χ2v) is 12.6. The van der Waals surface area contributed by atoms with E-state index in [1.807, 2.05) is 0 Å². The van der Waals surface area contributed by atoms with Gasteiger partial charge in [0.1, 0.15) is 0 Å². The van der Waals surface area contributed by atoms with E-state index in [1.54, 1.807) is 0 Å². The Morgan fingerprint density at radius 1 is 0.722 bits per heavy atom. The van der Waals surface area contributed by atoms with Gasteiger partial charge in [0, 0.05) is 10.5 Å². The van der Waals surface area contributed by atoms with Gasteiger partial charge in [0.25, 0.3) is 0 Å². The van der Waals surface area contributed by atoms with Crippen molar-refractivity contribution in [3.05, 3.63) is 0 Å². The van der Waals surface area contributed by atoms with E-state index in [9.17, 15) is 16.8 Å². The normalized spacial score (nSPS) is 42.1. The van der Waals surface area contributed by atoms with Gasteiger partial charge in [-0.25, -0.2) is 16.8 Å². The molecule has 2 fully saturated rings. The molecule has 4 nitrogen and oxygen atoms in total. The van der Waals surface area contributed by atoms with Crippen LogP contribution in [0.4, 0.5) is 0 Å². The zero-order valence-corrected chi connectivity index (χ0v) is 13.9. The number of alkyl halides is 2. The van der Waals surface area contributed by atoms with Crippen molar-refractivity contribution in [3.63, 3.8) is 0 Å². The lowest BCUT2D eigenvalue weighted by molar-refractivity contribution is 0.600. The van der Waals surface area contributed by atoms with Gasteiger partial charge in [0.05, 0.1) is 33.8 Å². The van der Waals surface area contributed by atoms with Crippen LogP contribution >= 0.6 is 44.8 Å². The van der Waals surface area contributed by atoms with E-state index in [4.69, 9.17) is 23.2 Å². The summed E-state index contributed by atoms with van der Waals surface area (Å²) in [4.78, 5) is 0. The molecular formula is C8H12Cl2O4S4. The van der Waals surface area contributed by atoms with Crippen LogP contribution in [0.2, 0.25) is 0 Å². The third-order valence-corrected chi connectivity index (χ3v) is 11.7. The Morgan fingerprint density at radius 2 is 1.06 bits per heavy atom. The van der Waals surface area contributed by atoms with E-state index in [1.165, 1.54) is 21.6 Å². The third-order valence-electron chi connectivity index (χ3n) is 2.77. The Bertz CT molecular complexity index is 469. The molecule has 0 N–H and O–H groups in total. The SMILES string of the molecule is O=S1(=O)C[C@@H](Cl)[C@H](SS[C@@H]2CS(=O)(=O)C[C@@H]2Cl)C1. The summed E-state index contributed by atoms with van der Waals surface area (Å²) in [6, 6.07) is 0. The smallest absolute Gasteiger partial charge is 0.152 e. The molecule has 0 bridgehead atoms. The number of halogens is 2. The van der Waals surface area contributed by atoms with Gasteiger partial charge in [-0.15, -0.1) is 23.2 Å². The van der Waals surface area contributed by atoms with Crippen LogP contribution in [0.5, 0.6) is 0 Å². The minimum absolute atomic E-state index is 0.0000507. The topological polar surface area (TPSA) is 68.3 Å². The van der Waals surface area contributed by atoms with Crippen molar-refractivity contribution in [1.29, 1.82) is 0 Å². The van der Waals surface area contributed by atoms with Crippen LogP contribution in [0.3, 0.4) is 0 Å². The Balaban J connectivity index is 1.90. The van der Waals surface area contributed by atoms with E-state index in [2.05, 4.69) is 0 Å². The van der Waals surface area contributed by atoms with E-state index in [0.29, 0.717) is 0 Å². The standard InChI is InChI=1S/C8H12Cl2O4S4/c9-5-1-17(11,12)3-7(5)15-16-8-4-18(13,14)2-6(8)10/h5-8H,1-4H2/t5-,6+,7-,8-/m1/s1. The summed E-state index contributed by atoms with van der Waals surface area (Å²) in [6.45, 7) is 0. The van der Waals surface area contributed by atoms with Crippen LogP contribution in [0.1, 0.15) is 0 Å². The molecule has 2 aliphatic heterocycles. The highest BCUT2D eigenvalue weighted by atomic mass is 35.5. The van der Waals surface area contributed by atoms with Crippen molar-refractivity contribution in [2.75, 3.05) is 23.0 Å². The number of rotatable bonds is 3. The molecular weight excluding hydrogens is 359 g/mol. The summed E-state index contributed by atoms with van der Waals surface area (Å²) in [5.74, 6) is 0.122. The number of hydrogen-bond donors (Lipinski definition) is 0. The van der Waals surface area contributed by atoms with Crippen molar-refractivity contribution < 1.29 is 16.8 Å². The molecule has 0 radical (unpaired) electrons. The molecule has 0 spiro atoms. The third kappa shape index (κ3) is 3.85. The molecule has 0 aromatic rings. The van der Waals surface area contributed by atoms with Gasteiger partial charge in [-0.2, -0.15) is 0 Å². The average molecular weight is 371 g/mol. The highest BCUT2D eigenvalue weighted by Crippen LogP contribution is 2.42. The van der Waals surface area contributed by atoms with Gasteiger partial charge in [-0.05, 0) is 0 Å². The first-order chi connectivity index (χ1) is 8.19. The van der Waals surface area contributed by atoms with Gasteiger partial charge in [-0.1, -0.05) is 21.6 Å². The zero-order valence-electron chi connectivity index (χ0n) is 9.16. The fourth-order valence-electron chi connectivity index (χ4n) is 1.86. The highest BCUT2D eigenvalue weighted by Gasteiger charge is 2.41. The van der Waals surface area contributed by atoms with Crippen molar-refractivity contribution in [1.82, 2.24) is 0 Å². The maximum absolute atomic E-state index is 11.4. The van der Waals surface area contributed by atoms with Crippen LogP contribution in [-0.2, 0) is 19.7 Å². The Hall–Kier alpha value is 1.18. The first-order valence-electron chi connectivity index (χ1n) is 5.20. The van der Waals surface area contributed by atoms with Crippen LogP contribution in [-0.4, -0.2) is 61.1 Å². The van der Waals surface area contributed by atoms with Crippen LogP contribution in [0, 0.1) is 0 Å². The first-order valence-corrected chi connectivity index (χ1v) is 12.0. The molecule has 0 aromatic carbocycles. The molecule has 0 aromatic heterocycles. The molecule has 2 rings (SSSR count). The highest BCUT2D eigenvalue weighted by molar-refractivity contribution is 8.77. The molecule has 0 amide bonds. The number of hydrogen-bond acceptors (Lipinski definition) is 6. The average Bonchev–Trinajstić information content (AvgIpc) is 2.59. The molecule has 2 saturated heterocycles. The summed E-state index contributed by atoms with van der Waals surface area (Å²) >= 11 is 12.0. The number of sulfone groups is 2.